The van der Waals surface area contributed by atoms with Crippen LogP contribution in [0.15, 0.2) is 16.6 Å². The topological polar surface area (TPSA) is 63.3 Å². The van der Waals surface area contributed by atoms with Gasteiger partial charge >= 0.3 is 5.97 Å². The highest BCUT2D eigenvalue weighted by Crippen LogP contribution is 2.23. The number of hydrogen-bond donors (Lipinski definition) is 2. The van der Waals surface area contributed by atoms with Gasteiger partial charge in [0.15, 0.2) is 0 Å². The number of benzene rings is 1. The molecule has 0 aliphatic carbocycles. The van der Waals surface area contributed by atoms with Crippen molar-refractivity contribution in [2.75, 3.05) is 0 Å². The standard InChI is InChI=1S/C8H6BrF2NO2/c9-6-4(10)1-3(2-5(6)11)7(12)8(13)14/h1-2,7H,12H2,(H,13,14). The lowest BCUT2D eigenvalue weighted by Crippen LogP contribution is -2.21. The van der Waals surface area contributed by atoms with Crippen molar-refractivity contribution < 1.29 is 18.7 Å². The van der Waals surface area contributed by atoms with Crippen molar-refractivity contribution >= 4 is 21.9 Å². The quantitative estimate of drug-likeness (QED) is 0.802. The minimum atomic E-state index is -1.42. The lowest BCUT2D eigenvalue weighted by Gasteiger charge is -2.07. The van der Waals surface area contributed by atoms with Gasteiger partial charge in [-0.25, -0.2) is 8.78 Å². The highest BCUT2D eigenvalue weighted by atomic mass is 79.9. The van der Waals surface area contributed by atoms with Gasteiger partial charge in [0.2, 0.25) is 0 Å². The second kappa shape index (κ2) is 4.02. The van der Waals surface area contributed by atoms with Gasteiger partial charge in [-0.15, -0.1) is 0 Å². The molecule has 6 heteroatoms. The average Bonchev–Trinajstić information content (AvgIpc) is 2.12. The molecule has 1 atom stereocenters. The Labute approximate surface area is 86.7 Å². The Kier molecular flexibility index (Phi) is 3.17. The first-order chi connectivity index (χ1) is 6.43. The molecule has 0 spiro atoms. The molecule has 0 bridgehead atoms. The Morgan fingerprint density at radius 3 is 2.21 bits per heavy atom. The molecular formula is C8H6BrF2NO2. The summed E-state index contributed by atoms with van der Waals surface area (Å²) in [5, 5.41) is 8.50. The first-order valence-corrected chi connectivity index (χ1v) is 4.35. The minimum Gasteiger partial charge on any atom is -0.480 e. The van der Waals surface area contributed by atoms with E-state index in [4.69, 9.17) is 10.8 Å². The van der Waals surface area contributed by atoms with Crippen LogP contribution in [-0.2, 0) is 4.79 Å². The lowest BCUT2D eigenvalue weighted by atomic mass is 10.1. The summed E-state index contributed by atoms with van der Waals surface area (Å²) in [4.78, 5) is 10.4. The second-order valence-electron chi connectivity index (χ2n) is 2.61. The molecule has 76 valence electrons. The number of nitrogens with two attached hydrogens (primary N) is 1. The number of carbonyl (C=O) groups is 1. The monoisotopic (exact) mass is 265 g/mol. The summed E-state index contributed by atoms with van der Waals surface area (Å²) in [5.41, 5.74) is 5.06. The first kappa shape index (κ1) is 11.1. The summed E-state index contributed by atoms with van der Waals surface area (Å²) >= 11 is 2.66. The highest BCUT2D eigenvalue weighted by molar-refractivity contribution is 9.10. The van der Waals surface area contributed by atoms with Gasteiger partial charge in [-0.05, 0) is 33.6 Å². The largest absolute Gasteiger partial charge is 0.480 e. The van der Waals surface area contributed by atoms with Crippen LogP contribution in [0.2, 0.25) is 0 Å². The van der Waals surface area contributed by atoms with Crippen LogP contribution in [0.4, 0.5) is 8.78 Å². The molecule has 1 rings (SSSR count). The summed E-state index contributed by atoms with van der Waals surface area (Å²) in [7, 11) is 0. The molecular weight excluding hydrogens is 260 g/mol. The van der Waals surface area contributed by atoms with E-state index in [-0.39, 0.29) is 10.0 Å². The van der Waals surface area contributed by atoms with E-state index in [2.05, 4.69) is 15.9 Å². The van der Waals surface area contributed by atoms with Gasteiger partial charge in [-0.1, -0.05) is 0 Å². The van der Waals surface area contributed by atoms with Crippen LogP contribution < -0.4 is 5.73 Å². The van der Waals surface area contributed by atoms with Crippen molar-refractivity contribution in [3.05, 3.63) is 33.8 Å². The van der Waals surface area contributed by atoms with Crippen molar-refractivity contribution in [3.63, 3.8) is 0 Å². The van der Waals surface area contributed by atoms with Gasteiger partial charge in [0.05, 0.1) is 4.47 Å². The van der Waals surface area contributed by atoms with E-state index in [1.54, 1.807) is 0 Å². The van der Waals surface area contributed by atoms with Gasteiger partial charge < -0.3 is 10.8 Å². The van der Waals surface area contributed by atoms with E-state index in [9.17, 15) is 13.6 Å². The Bertz CT molecular complexity index is 361. The van der Waals surface area contributed by atoms with Gasteiger partial charge in [0, 0.05) is 0 Å². The van der Waals surface area contributed by atoms with E-state index in [0.717, 1.165) is 12.1 Å². The molecule has 0 aliphatic rings. The molecule has 0 saturated carbocycles. The normalized spacial score (nSPS) is 12.6. The summed E-state index contributed by atoms with van der Waals surface area (Å²) in [6.45, 7) is 0. The summed E-state index contributed by atoms with van der Waals surface area (Å²) in [6, 6.07) is 0.338. The maximum Gasteiger partial charge on any atom is 0.325 e. The third-order valence-corrected chi connectivity index (χ3v) is 2.39. The summed E-state index contributed by atoms with van der Waals surface area (Å²) < 4.78 is 25.5. The fourth-order valence-corrected chi connectivity index (χ4v) is 1.13. The van der Waals surface area contributed by atoms with E-state index >= 15 is 0 Å². The van der Waals surface area contributed by atoms with Crippen molar-refractivity contribution in [3.8, 4) is 0 Å². The highest BCUT2D eigenvalue weighted by Gasteiger charge is 2.18. The molecule has 1 aromatic rings. The Morgan fingerprint density at radius 1 is 1.43 bits per heavy atom. The summed E-state index contributed by atoms with van der Waals surface area (Å²) in [5.74, 6) is -3.10. The van der Waals surface area contributed by atoms with Crippen LogP contribution >= 0.6 is 15.9 Å². The van der Waals surface area contributed by atoms with Crippen LogP contribution in [0.5, 0.6) is 0 Å². The maximum atomic E-state index is 12.9. The molecule has 0 radical (unpaired) electrons. The molecule has 0 heterocycles. The number of hydrogen-bond acceptors (Lipinski definition) is 2. The van der Waals surface area contributed by atoms with E-state index < -0.39 is 23.6 Å². The Morgan fingerprint density at radius 2 is 1.86 bits per heavy atom. The first-order valence-electron chi connectivity index (χ1n) is 3.56. The van der Waals surface area contributed by atoms with E-state index in [1.165, 1.54) is 0 Å². The van der Waals surface area contributed by atoms with Crippen LogP contribution in [0.25, 0.3) is 0 Å². The SMILES string of the molecule is NC(C(=O)O)c1cc(F)c(Br)c(F)c1. The number of aliphatic carboxylic acids is 1. The second-order valence-corrected chi connectivity index (χ2v) is 3.41. The minimum absolute atomic E-state index is 0.115. The Hall–Kier alpha value is -1.01. The number of rotatable bonds is 2. The van der Waals surface area contributed by atoms with Crippen molar-refractivity contribution in [1.82, 2.24) is 0 Å². The zero-order chi connectivity index (χ0) is 10.9. The zero-order valence-corrected chi connectivity index (χ0v) is 8.38. The fraction of sp³-hybridized carbons (Fsp3) is 0.125. The van der Waals surface area contributed by atoms with Crippen molar-refractivity contribution in [2.24, 2.45) is 5.73 Å². The van der Waals surface area contributed by atoms with E-state index in [1.807, 2.05) is 0 Å². The van der Waals surface area contributed by atoms with Crippen LogP contribution in [0, 0.1) is 11.6 Å². The molecule has 1 aromatic carbocycles. The predicted molar refractivity (Wildman–Crippen MR) is 48.6 cm³/mol. The van der Waals surface area contributed by atoms with Gasteiger partial charge in [-0.2, -0.15) is 0 Å². The van der Waals surface area contributed by atoms with E-state index in [0.29, 0.717) is 0 Å². The zero-order valence-electron chi connectivity index (χ0n) is 6.80. The average molecular weight is 266 g/mol. The van der Waals surface area contributed by atoms with Crippen molar-refractivity contribution in [2.45, 2.75) is 6.04 Å². The van der Waals surface area contributed by atoms with Crippen molar-refractivity contribution in [1.29, 1.82) is 0 Å². The molecule has 0 amide bonds. The van der Waals surface area contributed by atoms with Gasteiger partial charge in [0.25, 0.3) is 0 Å². The smallest absolute Gasteiger partial charge is 0.325 e. The molecule has 1 unspecified atom stereocenters. The third-order valence-electron chi connectivity index (χ3n) is 1.63. The van der Waals surface area contributed by atoms with Gasteiger partial charge in [-0.3, -0.25) is 4.79 Å². The number of carboxylic acid groups (broad SMARTS) is 1. The number of halogens is 3. The van der Waals surface area contributed by atoms with Crippen LogP contribution in [0.1, 0.15) is 11.6 Å². The van der Waals surface area contributed by atoms with Crippen LogP contribution in [-0.4, -0.2) is 11.1 Å². The fourth-order valence-electron chi connectivity index (χ4n) is 0.897. The molecule has 0 aromatic heterocycles. The molecule has 0 aliphatic heterocycles. The van der Waals surface area contributed by atoms with Crippen LogP contribution in [0.3, 0.4) is 0 Å². The van der Waals surface area contributed by atoms with Gasteiger partial charge in [0.1, 0.15) is 17.7 Å². The maximum absolute atomic E-state index is 12.9. The Balaban J connectivity index is 3.19. The molecule has 3 N–H and O–H groups in total. The molecule has 0 fully saturated rings. The number of carboxylic acids is 1. The molecule has 0 saturated heterocycles. The molecule has 3 nitrogen and oxygen atoms in total. The molecule has 14 heavy (non-hydrogen) atoms. The predicted octanol–water partition coefficient (Wildman–Crippen LogP) is 1.81. The third kappa shape index (κ3) is 2.08. The lowest BCUT2D eigenvalue weighted by molar-refractivity contribution is -0.138. The summed E-state index contributed by atoms with van der Waals surface area (Å²) in [6.07, 6.45) is 0.